The molecule has 1 aromatic rings. The predicted molar refractivity (Wildman–Crippen MR) is 67.3 cm³/mol. The standard InChI is InChI=1S/C15H22O/c16-15(12-14-9-4-10-14)11-5-8-13-6-2-1-3-7-13/h1-3,6-7,14-16H,4-5,8-12H2. The van der Waals surface area contributed by atoms with Crippen molar-refractivity contribution in [2.45, 2.75) is 51.0 Å². The van der Waals surface area contributed by atoms with Crippen molar-refractivity contribution in [3.63, 3.8) is 0 Å². The van der Waals surface area contributed by atoms with Gasteiger partial charge in [-0.05, 0) is 37.2 Å². The second-order valence-corrected chi connectivity index (χ2v) is 5.06. The molecule has 1 heteroatoms. The van der Waals surface area contributed by atoms with Crippen molar-refractivity contribution in [2.75, 3.05) is 0 Å². The maximum absolute atomic E-state index is 9.86. The topological polar surface area (TPSA) is 20.2 Å². The van der Waals surface area contributed by atoms with E-state index >= 15 is 0 Å². The summed E-state index contributed by atoms with van der Waals surface area (Å²) in [6.07, 6.45) is 8.21. The van der Waals surface area contributed by atoms with Crippen LogP contribution >= 0.6 is 0 Å². The summed E-state index contributed by atoms with van der Waals surface area (Å²) >= 11 is 0. The summed E-state index contributed by atoms with van der Waals surface area (Å²) in [6.45, 7) is 0. The lowest BCUT2D eigenvalue weighted by molar-refractivity contribution is 0.108. The van der Waals surface area contributed by atoms with E-state index in [1.54, 1.807) is 0 Å². The number of hydrogen-bond acceptors (Lipinski definition) is 1. The van der Waals surface area contributed by atoms with Gasteiger partial charge in [0.1, 0.15) is 0 Å². The Balaban J connectivity index is 1.60. The maximum Gasteiger partial charge on any atom is 0.0543 e. The summed E-state index contributed by atoms with van der Waals surface area (Å²) in [7, 11) is 0. The van der Waals surface area contributed by atoms with E-state index in [2.05, 4.69) is 30.3 Å². The number of aryl methyl sites for hydroxylation is 1. The molecule has 1 N–H and O–H groups in total. The van der Waals surface area contributed by atoms with E-state index in [0.29, 0.717) is 0 Å². The van der Waals surface area contributed by atoms with Crippen molar-refractivity contribution in [2.24, 2.45) is 5.92 Å². The van der Waals surface area contributed by atoms with E-state index < -0.39 is 0 Å². The molecule has 1 nitrogen and oxygen atoms in total. The Kier molecular flexibility index (Phi) is 4.41. The van der Waals surface area contributed by atoms with Gasteiger partial charge in [0.2, 0.25) is 0 Å². The average Bonchev–Trinajstić information content (AvgIpc) is 2.25. The van der Waals surface area contributed by atoms with Gasteiger partial charge in [-0.2, -0.15) is 0 Å². The quantitative estimate of drug-likeness (QED) is 0.774. The third-order valence-electron chi connectivity index (χ3n) is 3.68. The van der Waals surface area contributed by atoms with Crippen LogP contribution in [0.5, 0.6) is 0 Å². The fourth-order valence-corrected chi connectivity index (χ4v) is 2.42. The number of benzene rings is 1. The largest absolute Gasteiger partial charge is 0.393 e. The van der Waals surface area contributed by atoms with Crippen molar-refractivity contribution in [3.8, 4) is 0 Å². The molecular weight excluding hydrogens is 196 g/mol. The van der Waals surface area contributed by atoms with E-state index in [-0.39, 0.29) is 6.10 Å². The van der Waals surface area contributed by atoms with Crippen molar-refractivity contribution in [1.29, 1.82) is 0 Å². The van der Waals surface area contributed by atoms with E-state index in [0.717, 1.165) is 31.6 Å². The fraction of sp³-hybridized carbons (Fsp3) is 0.600. The molecule has 0 saturated heterocycles. The first-order valence-corrected chi connectivity index (χ1v) is 6.56. The fourth-order valence-electron chi connectivity index (χ4n) is 2.42. The molecule has 1 aliphatic carbocycles. The van der Waals surface area contributed by atoms with Gasteiger partial charge < -0.3 is 5.11 Å². The van der Waals surface area contributed by atoms with Gasteiger partial charge in [0.25, 0.3) is 0 Å². The molecule has 0 radical (unpaired) electrons. The van der Waals surface area contributed by atoms with Gasteiger partial charge in [0.15, 0.2) is 0 Å². The van der Waals surface area contributed by atoms with Crippen LogP contribution in [0, 0.1) is 5.92 Å². The summed E-state index contributed by atoms with van der Waals surface area (Å²) in [5.41, 5.74) is 1.39. The van der Waals surface area contributed by atoms with Gasteiger partial charge in [0.05, 0.1) is 6.10 Å². The molecule has 88 valence electrons. The minimum Gasteiger partial charge on any atom is -0.393 e. The number of rotatable bonds is 6. The minimum absolute atomic E-state index is 0.0611. The van der Waals surface area contributed by atoms with Crippen molar-refractivity contribution < 1.29 is 5.11 Å². The number of aliphatic hydroxyl groups is 1. The van der Waals surface area contributed by atoms with Gasteiger partial charge in [-0.15, -0.1) is 0 Å². The SMILES string of the molecule is OC(CCCc1ccccc1)CC1CCC1. The van der Waals surface area contributed by atoms with Crippen LogP contribution in [0.15, 0.2) is 30.3 Å². The highest BCUT2D eigenvalue weighted by Gasteiger charge is 2.20. The lowest BCUT2D eigenvalue weighted by atomic mass is 9.81. The second-order valence-electron chi connectivity index (χ2n) is 5.06. The van der Waals surface area contributed by atoms with Gasteiger partial charge in [0, 0.05) is 0 Å². The summed E-state index contributed by atoms with van der Waals surface area (Å²) in [4.78, 5) is 0. The normalized spacial score (nSPS) is 18.1. The Morgan fingerprint density at radius 3 is 2.56 bits per heavy atom. The maximum atomic E-state index is 9.86. The van der Waals surface area contributed by atoms with E-state index in [9.17, 15) is 5.11 Å². The van der Waals surface area contributed by atoms with Crippen molar-refractivity contribution in [1.82, 2.24) is 0 Å². The van der Waals surface area contributed by atoms with E-state index in [1.165, 1.54) is 24.8 Å². The third kappa shape index (κ3) is 3.64. The highest BCUT2D eigenvalue weighted by Crippen LogP contribution is 2.31. The van der Waals surface area contributed by atoms with Gasteiger partial charge in [-0.3, -0.25) is 0 Å². The molecule has 16 heavy (non-hydrogen) atoms. The Morgan fingerprint density at radius 2 is 1.94 bits per heavy atom. The first kappa shape index (κ1) is 11.7. The van der Waals surface area contributed by atoms with Crippen LogP contribution in [0.2, 0.25) is 0 Å². The van der Waals surface area contributed by atoms with Crippen molar-refractivity contribution >= 4 is 0 Å². The van der Waals surface area contributed by atoms with Gasteiger partial charge in [-0.1, -0.05) is 49.6 Å². The Hall–Kier alpha value is -0.820. The first-order chi connectivity index (χ1) is 7.84. The molecule has 0 amide bonds. The zero-order valence-electron chi connectivity index (χ0n) is 9.94. The second kappa shape index (κ2) is 6.05. The molecule has 0 bridgehead atoms. The smallest absolute Gasteiger partial charge is 0.0543 e. The van der Waals surface area contributed by atoms with Crippen LogP contribution < -0.4 is 0 Å². The van der Waals surface area contributed by atoms with E-state index in [1.807, 2.05) is 0 Å². The highest BCUT2D eigenvalue weighted by atomic mass is 16.3. The molecule has 0 aliphatic heterocycles. The Labute approximate surface area is 98.5 Å². The van der Waals surface area contributed by atoms with Crippen LogP contribution in [-0.4, -0.2) is 11.2 Å². The Morgan fingerprint density at radius 1 is 1.19 bits per heavy atom. The number of aliphatic hydroxyl groups excluding tert-OH is 1. The first-order valence-electron chi connectivity index (χ1n) is 6.56. The molecule has 1 atom stereocenters. The molecule has 1 aliphatic rings. The minimum atomic E-state index is -0.0611. The average molecular weight is 218 g/mol. The lowest BCUT2D eigenvalue weighted by Gasteiger charge is -2.27. The van der Waals surface area contributed by atoms with Crippen LogP contribution in [0.25, 0.3) is 0 Å². The summed E-state index contributed by atoms with van der Waals surface area (Å²) in [5.74, 6) is 0.826. The summed E-state index contributed by atoms with van der Waals surface area (Å²) in [5, 5.41) is 9.86. The Bertz CT molecular complexity index is 290. The van der Waals surface area contributed by atoms with Crippen LogP contribution in [0.4, 0.5) is 0 Å². The molecule has 0 heterocycles. The zero-order valence-corrected chi connectivity index (χ0v) is 9.94. The molecule has 1 fully saturated rings. The van der Waals surface area contributed by atoms with Crippen LogP contribution in [0.3, 0.4) is 0 Å². The molecule has 1 unspecified atom stereocenters. The van der Waals surface area contributed by atoms with Crippen LogP contribution in [-0.2, 0) is 6.42 Å². The number of hydrogen-bond donors (Lipinski definition) is 1. The third-order valence-corrected chi connectivity index (χ3v) is 3.68. The molecule has 1 saturated carbocycles. The molecule has 0 aromatic heterocycles. The van der Waals surface area contributed by atoms with Crippen LogP contribution in [0.1, 0.15) is 44.1 Å². The van der Waals surface area contributed by atoms with Gasteiger partial charge in [-0.25, -0.2) is 0 Å². The molecule has 0 spiro atoms. The predicted octanol–water partition coefficient (Wildman–Crippen LogP) is 3.56. The molecule has 1 aromatic carbocycles. The van der Waals surface area contributed by atoms with Gasteiger partial charge >= 0.3 is 0 Å². The summed E-state index contributed by atoms with van der Waals surface area (Å²) < 4.78 is 0. The van der Waals surface area contributed by atoms with Crippen molar-refractivity contribution in [3.05, 3.63) is 35.9 Å². The summed E-state index contributed by atoms with van der Waals surface area (Å²) in [6, 6.07) is 10.5. The molecular formula is C15H22O. The lowest BCUT2D eigenvalue weighted by Crippen LogP contribution is -2.19. The van der Waals surface area contributed by atoms with E-state index in [4.69, 9.17) is 0 Å². The highest BCUT2D eigenvalue weighted by molar-refractivity contribution is 5.14. The monoisotopic (exact) mass is 218 g/mol. The zero-order chi connectivity index (χ0) is 11.2. The molecule has 2 rings (SSSR count).